The van der Waals surface area contributed by atoms with Crippen molar-refractivity contribution in [1.29, 1.82) is 0 Å². The number of hydrogen-bond donors (Lipinski definition) is 2. The largest absolute Gasteiger partial charge is 0.330 e. The van der Waals surface area contributed by atoms with Crippen molar-refractivity contribution in [3.05, 3.63) is 48.3 Å². The van der Waals surface area contributed by atoms with Gasteiger partial charge < -0.3 is 9.88 Å². The van der Waals surface area contributed by atoms with Gasteiger partial charge in [0.25, 0.3) is 0 Å². The van der Waals surface area contributed by atoms with Gasteiger partial charge in [-0.1, -0.05) is 6.07 Å². The molecule has 2 aliphatic heterocycles. The molecule has 4 rings (SSSR count). The SMILES string of the molecule is c1ccc([C@@H]2CCC[C@H](c3nccn3C3CCNCC3)N2)nc1. The van der Waals surface area contributed by atoms with Gasteiger partial charge in [0.1, 0.15) is 5.82 Å². The van der Waals surface area contributed by atoms with Gasteiger partial charge >= 0.3 is 0 Å². The van der Waals surface area contributed by atoms with Crippen LogP contribution in [0.15, 0.2) is 36.8 Å². The third-order valence-corrected chi connectivity index (χ3v) is 5.15. The van der Waals surface area contributed by atoms with E-state index in [1.54, 1.807) is 0 Å². The highest BCUT2D eigenvalue weighted by molar-refractivity contribution is 5.12. The molecule has 2 aromatic rings. The molecule has 2 atom stereocenters. The van der Waals surface area contributed by atoms with Gasteiger partial charge in [-0.05, 0) is 57.3 Å². The van der Waals surface area contributed by atoms with Crippen LogP contribution in [-0.2, 0) is 0 Å². The summed E-state index contributed by atoms with van der Waals surface area (Å²) in [5.41, 5.74) is 1.15. The zero-order valence-corrected chi connectivity index (χ0v) is 13.5. The van der Waals surface area contributed by atoms with Crippen molar-refractivity contribution in [2.24, 2.45) is 0 Å². The average molecular weight is 311 g/mol. The van der Waals surface area contributed by atoms with Gasteiger partial charge in [-0.25, -0.2) is 4.98 Å². The van der Waals surface area contributed by atoms with E-state index in [4.69, 9.17) is 4.98 Å². The molecule has 2 saturated heterocycles. The second-order valence-electron chi connectivity index (χ2n) is 6.63. The van der Waals surface area contributed by atoms with Crippen LogP contribution in [0.3, 0.4) is 0 Å². The molecule has 0 aromatic carbocycles. The molecule has 0 radical (unpaired) electrons. The highest BCUT2D eigenvalue weighted by Gasteiger charge is 2.28. The van der Waals surface area contributed by atoms with E-state index in [2.05, 4.69) is 38.5 Å². The first-order chi connectivity index (χ1) is 11.4. The Morgan fingerprint density at radius 1 is 0.957 bits per heavy atom. The molecule has 2 N–H and O–H groups in total. The Morgan fingerprint density at radius 3 is 2.65 bits per heavy atom. The summed E-state index contributed by atoms with van der Waals surface area (Å²) in [6.45, 7) is 2.22. The van der Waals surface area contributed by atoms with Crippen molar-refractivity contribution in [2.45, 2.75) is 50.2 Å². The summed E-state index contributed by atoms with van der Waals surface area (Å²) in [6, 6.07) is 7.44. The normalized spacial score (nSPS) is 26.3. The van der Waals surface area contributed by atoms with E-state index in [1.807, 2.05) is 18.5 Å². The Hall–Kier alpha value is -1.72. The maximum atomic E-state index is 4.70. The van der Waals surface area contributed by atoms with Gasteiger partial charge in [0, 0.05) is 24.6 Å². The number of nitrogens with one attached hydrogen (secondary N) is 2. The quantitative estimate of drug-likeness (QED) is 0.915. The molecule has 0 spiro atoms. The molecule has 2 aromatic heterocycles. The smallest absolute Gasteiger partial charge is 0.126 e. The number of pyridine rings is 1. The van der Waals surface area contributed by atoms with E-state index >= 15 is 0 Å². The minimum absolute atomic E-state index is 0.334. The summed E-state index contributed by atoms with van der Waals surface area (Å²) in [6.07, 6.45) is 11.9. The zero-order valence-electron chi connectivity index (χ0n) is 13.5. The number of hydrogen-bond acceptors (Lipinski definition) is 4. The topological polar surface area (TPSA) is 54.8 Å². The summed E-state index contributed by atoms with van der Waals surface area (Å²) in [5.74, 6) is 1.21. The van der Waals surface area contributed by atoms with E-state index in [0.29, 0.717) is 18.1 Å². The predicted molar refractivity (Wildman–Crippen MR) is 90.1 cm³/mol. The molecule has 5 nitrogen and oxygen atoms in total. The van der Waals surface area contributed by atoms with Crippen LogP contribution in [0.4, 0.5) is 0 Å². The van der Waals surface area contributed by atoms with Crippen molar-refractivity contribution in [3.63, 3.8) is 0 Å². The van der Waals surface area contributed by atoms with Crippen LogP contribution in [0.2, 0.25) is 0 Å². The van der Waals surface area contributed by atoms with Gasteiger partial charge in [0.15, 0.2) is 0 Å². The summed E-state index contributed by atoms with van der Waals surface area (Å²) in [7, 11) is 0. The van der Waals surface area contributed by atoms with Gasteiger partial charge in [0.2, 0.25) is 0 Å². The molecule has 23 heavy (non-hydrogen) atoms. The molecular weight excluding hydrogens is 286 g/mol. The molecular formula is C18H25N5. The Balaban J connectivity index is 1.53. The monoisotopic (exact) mass is 311 g/mol. The molecule has 0 amide bonds. The second kappa shape index (κ2) is 6.81. The highest BCUT2D eigenvalue weighted by atomic mass is 15.2. The molecule has 5 heteroatoms. The van der Waals surface area contributed by atoms with Crippen molar-refractivity contribution in [2.75, 3.05) is 13.1 Å². The Morgan fingerprint density at radius 2 is 1.83 bits per heavy atom. The summed E-state index contributed by atoms with van der Waals surface area (Å²) in [5, 5.41) is 7.24. The zero-order chi connectivity index (χ0) is 15.5. The van der Waals surface area contributed by atoms with Crippen LogP contribution in [0.1, 0.15) is 61.7 Å². The summed E-state index contributed by atoms with van der Waals surface area (Å²) >= 11 is 0. The maximum absolute atomic E-state index is 4.70. The third kappa shape index (κ3) is 3.16. The summed E-state index contributed by atoms with van der Waals surface area (Å²) in [4.78, 5) is 9.24. The van der Waals surface area contributed by atoms with Crippen LogP contribution < -0.4 is 10.6 Å². The maximum Gasteiger partial charge on any atom is 0.126 e. The number of nitrogens with zero attached hydrogens (tertiary/aromatic N) is 3. The highest BCUT2D eigenvalue weighted by Crippen LogP contribution is 2.33. The molecule has 4 heterocycles. The van der Waals surface area contributed by atoms with Crippen LogP contribution in [-0.4, -0.2) is 27.6 Å². The molecule has 122 valence electrons. The predicted octanol–water partition coefficient (Wildman–Crippen LogP) is 2.76. The molecule has 0 bridgehead atoms. The first-order valence-corrected chi connectivity index (χ1v) is 8.82. The minimum atomic E-state index is 0.334. The Kier molecular flexibility index (Phi) is 4.39. The fraction of sp³-hybridized carbons (Fsp3) is 0.556. The fourth-order valence-electron chi connectivity index (χ4n) is 3.94. The molecule has 0 saturated carbocycles. The number of aromatic nitrogens is 3. The van der Waals surface area contributed by atoms with E-state index in [0.717, 1.165) is 31.6 Å². The lowest BCUT2D eigenvalue weighted by Crippen LogP contribution is -2.35. The summed E-state index contributed by atoms with van der Waals surface area (Å²) < 4.78 is 2.42. The van der Waals surface area contributed by atoms with Crippen molar-refractivity contribution < 1.29 is 0 Å². The van der Waals surface area contributed by atoms with Crippen LogP contribution in [0, 0.1) is 0 Å². The fourth-order valence-corrected chi connectivity index (χ4v) is 3.94. The van der Waals surface area contributed by atoms with E-state index in [9.17, 15) is 0 Å². The Bertz CT molecular complexity index is 617. The van der Waals surface area contributed by atoms with E-state index in [-0.39, 0.29) is 0 Å². The lowest BCUT2D eigenvalue weighted by atomic mass is 9.95. The lowest BCUT2D eigenvalue weighted by Gasteiger charge is -2.33. The van der Waals surface area contributed by atoms with Crippen molar-refractivity contribution >= 4 is 0 Å². The lowest BCUT2D eigenvalue weighted by molar-refractivity contribution is 0.290. The van der Waals surface area contributed by atoms with Gasteiger partial charge in [-0.3, -0.25) is 10.3 Å². The molecule has 0 aliphatic carbocycles. The average Bonchev–Trinajstić information content (AvgIpc) is 3.13. The van der Waals surface area contributed by atoms with Gasteiger partial charge in [-0.2, -0.15) is 0 Å². The number of rotatable bonds is 3. The minimum Gasteiger partial charge on any atom is -0.330 e. The van der Waals surface area contributed by atoms with Crippen LogP contribution >= 0.6 is 0 Å². The standard InChI is InChI=1S/C18H25N5/c1-2-9-20-15(4-1)16-5-3-6-17(22-16)18-21-12-13-23(18)14-7-10-19-11-8-14/h1-2,4,9,12-14,16-17,19,22H,3,5-8,10-11H2/t16-,17+/m0/s1. The van der Waals surface area contributed by atoms with Crippen molar-refractivity contribution in [1.82, 2.24) is 25.2 Å². The molecule has 2 fully saturated rings. The van der Waals surface area contributed by atoms with Crippen molar-refractivity contribution in [3.8, 4) is 0 Å². The van der Waals surface area contributed by atoms with E-state index < -0.39 is 0 Å². The van der Waals surface area contributed by atoms with Crippen LogP contribution in [0.5, 0.6) is 0 Å². The molecule has 0 unspecified atom stereocenters. The van der Waals surface area contributed by atoms with Gasteiger partial charge in [-0.15, -0.1) is 0 Å². The second-order valence-corrected chi connectivity index (χ2v) is 6.63. The number of imidazole rings is 1. The molecule has 2 aliphatic rings. The number of piperidine rings is 2. The Labute approximate surface area is 137 Å². The van der Waals surface area contributed by atoms with Crippen LogP contribution in [0.25, 0.3) is 0 Å². The van der Waals surface area contributed by atoms with Gasteiger partial charge in [0.05, 0.1) is 17.8 Å². The first kappa shape index (κ1) is 14.8. The third-order valence-electron chi connectivity index (χ3n) is 5.15. The first-order valence-electron chi connectivity index (χ1n) is 8.82. The van der Waals surface area contributed by atoms with E-state index in [1.165, 1.54) is 25.1 Å².